The first-order chi connectivity index (χ1) is 10.0. The van der Waals surface area contributed by atoms with Crippen LogP contribution >= 0.6 is 39.1 Å². The molecule has 21 heavy (non-hydrogen) atoms. The van der Waals surface area contributed by atoms with Gasteiger partial charge in [-0.15, -0.1) is 0 Å². The molecule has 2 aromatic rings. The fourth-order valence-electron chi connectivity index (χ4n) is 2.22. The molecule has 0 aromatic heterocycles. The lowest BCUT2D eigenvalue weighted by molar-refractivity contribution is 0.540. The Balaban J connectivity index is 2.30. The van der Waals surface area contributed by atoms with E-state index < -0.39 is 0 Å². The van der Waals surface area contributed by atoms with Crippen molar-refractivity contribution in [2.24, 2.45) is 0 Å². The topological polar surface area (TPSA) is 12.0 Å². The van der Waals surface area contributed by atoms with Crippen LogP contribution in [0.1, 0.15) is 24.1 Å². The zero-order valence-corrected chi connectivity index (χ0v) is 14.6. The van der Waals surface area contributed by atoms with Gasteiger partial charge >= 0.3 is 0 Å². The van der Waals surface area contributed by atoms with Crippen LogP contribution in [0.4, 0.5) is 4.39 Å². The van der Waals surface area contributed by atoms with Crippen LogP contribution in [0.2, 0.25) is 10.0 Å². The summed E-state index contributed by atoms with van der Waals surface area (Å²) in [4.78, 5) is 0. The number of rotatable bonds is 5. The number of halogens is 4. The first-order valence-corrected chi connectivity index (χ1v) is 8.18. The third kappa shape index (κ3) is 4.43. The molecule has 0 fully saturated rings. The second-order valence-electron chi connectivity index (χ2n) is 4.73. The molecule has 112 valence electrons. The average Bonchev–Trinajstić information content (AvgIpc) is 2.45. The maximum absolute atomic E-state index is 13.5. The van der Waals surface area contributed by atoms with E-state index in [4.69, 9.17) is 23.2 Å². The van der Waals surface area contributed by atoms with Crippen molar-refractivity contribution in [2.45, 2.75) is 19.4 Å². The minimum Gasteiger partial charge on any atom is -0.310 e. The van der Waals surface area contributed by atoms with Gasteiger partial charge in [0, 0.05) is 10.5 Å². The highest BCUT2D eigenvalue weighted by Crippen LogP contribution is 2.29. The SMILES string of the molecule is CCNC(Cc1ccc(Cl)c(Cl)c1)c1cc(F)ccc1Br. The van der Waals surface area contributed by atoms with Crippen molar-refractivity contribution >= 4 is 39.1 Å². The second-order valence-corrected chi connectivity index (χ2v) is 6.40. The van der Waals surface area contributed by atoms with E-state index in [2.05, 4.69) is 21.2 Å². The predicted octanol–water partition coefficient (Wildman–Crippen LogP) is 5.79. The molecule has 1 N–H and O–H groups in total. The Kier molecular flexibility index (Phi) is 6.06. The highest BCUT2D eigenvalue weighted by atomic mass is 79.9. The maximum atomic E-state index is 13.5. The van der Waals surface area contributed by atoms with Crippen molar-refractivity contribution in [3.63, 3.8) is 0 Å². The van der Waals surface area contributed by atoms with Crippen molar-refractivity contribution < 1.29 is 4.39 Å². The lowest BCUT2D eigenvalue weighted by atomic mass is 9.98. The van der Waals surface area contributed by atoms with Gasteiger partial charge in [0.25, 0.3) is 0 Å². The monoisotopic (exact) mass is 389 g/mol. The Hall–Kier alpha value is -0.610. The molecule has 0 heterocycles. The van der Waals surface area contributed by atoms with Gasteiger partial charge in [-0.1, -0.05) is 52.1 Å². The zero-order chi connectivity index (χ0) is 15.4. The van der Waals surface area contributed by atoms with Gasteiger partial charge in [0.2, 0.25) is 0 Å². The molecule has 0 spiro atoms. The molecule has 5 heteroatoms. The number of likely N-dealkylation sites (N-methyl/N-ethyl adjacent to an activating group) is 1. The van der Waals surface area contributed by atoms with Gasteiger partial charge in [-0.2, -0.15) is 0 Å². The fraction of sp³-hybridized carbons (Fsp3) is 0.250. The van der Waals surface area contributed by atoms with Gasteiger partial charge in [-0.25, -0.2) is 4.39 Å². The summed E-state index contributed by atoms with van der Waals surface area (Å²) in [5.41, 5.74) is 1.94. The summed E-state index contributed by atoms with van der Waals surface area (Å²) in [6, 6.07) is 10.3. The lowest BCUT2D eigenvalue weighted by Gasteiger charge is -2.20. The van der Waals surface area contributed by atoms with Crippen molar-refractivity contribution in [2.75, 3.05) is 6.54 Å². The first-order valence-electron chi connectivity index (χ1n) is 6.63. The molecule has 0 aliphatic heterocycles. The molecule has 1 atom stereocenters. The van der Waals surface area contributed by atoms with E-state index >= 15 is 0 Å². The lowest BCUT2D eigenvalue weighted by Crippen LogP contribution is -2.23. The van der Waals surface area contributed by atoms with Crippen LogP contribution in [0.5, 0.6) is 0 Å². The van der Waals surface area contributed by atoms with E-state index in [0.717, 1.165) is 22.1 Å². The minimum atomic E-state index is -0.245. The quantitative estimate of drug-likeness (QED) is 0.681. The van der Waals surface area contributed by atoms with Crippen molar-refractivity contribution in [1.29, 1.82) is 0 Å². The van der Waals surface area contributed by atoms with Crippen LogP contribution in [-0.2, 0) is 6.42 Å². The summed E-state index contributed by atoms with van der Waals surface area (Å²) in [7, 11) is 0. The van der Waals surface area contributed by atoms with E-state index in [1.54, 1.807) is 18.2 Å². The first kappa shape index (κ1) is 16.8. The van der Waals surface area contributed by atoms with Crippen molar-refractivity contribution in [3.8, 4) is 0 Å². The molecule has 0 aliphatic rings. The second kappa shape index (κ2) is 7.59. The van der Waals surface area contributed by atoms with E-state index in [1.807, 2.05) is 19.1 Å². The number of nitrogens with one attached hydrogen (secondary N) is 1. The third-order valence-electron chi connectivity index (χ3n) is 3.21. The number of hydrogen-bond acceptors (Lipinski definition) is 1. The third-order valence-corrected chi connectivity index (χ3v) is 4.67. The Morgan fingerprint density at radius 1 is 1.14 bits per heavy atom. The summed E-state index contributed by atoms with van der Waals surface area (Å²) < 4.78 is 14.4. The van der Waals surface area contributed by atoms with Gasteiger partial charge in [0.15, 0.2) is 0 Å². The summed E-state index contributed by atoms with van der Waals surface area (Å²) in [5, 5.41) is 4.44. The number of hydrogen-bond donors (Lipinski definition) is 1. The molecule has 0 saturated heterocycles. The fourth-order valence-corrected chi connectivity index (χ4v) is 3.07. The van der Waals surface area contributed by atoms with Gasteiger partial charge < -0.3 is 5.32 Å². The summed E-state index contributed by atoms with van der Waals surface area (Å²) in [5.74, 6) is -0.245. The number of benzene rings is 2. The van der Waals surface area contributed by atoms with Crippen LogP contribution in [-0.4, -0.2) is 6.54 Å². The van der Waals surface area contributed by atoms with Gasteiger partial charge in [0.1, 0.15) is 5.82 Å². The summed E-state index contributed by atoms with van der Waals surface area (Å²) in [6.45, 7) is 2.81. The molecular formula is C16H15BrCl2FN. The van der Waals surface area contributed by atoms with E-state index in [-0.39, 0.29) is 11.9 Å². The molecular weight excluding hydrogens is 376 g/mol. The van der Waals surface area contributed by atoms with Crippen molar-refractivity contribution in [3.05, 3.63) is 67.9 Å². The van der Waals surface area contributed by atoms with Crippen LogP contribution in [0.15, 0.2) is 40.9 Å². The molecule has 0 saturated carbocycles. The summed E-state index contributed by atoms with van der Waals surface area (Å²) in [6.07, 6.45) is 0.701. The van der Waals surface area contributed by atoms with Gasteiger partial charge in [-0.05, 0) is 54.4 Å². The molecule has 1 nitrogen and oxygen atoms in total. The van der Waals surface area contributed by atoms with Crippen molar-refractivity contribution in [1.82, 2.24) is 5.32 Å². The van der Waals surface area contributed by atoms with Gasteiger partial charge in [0.05, 0.1) is 10.0 Å². The highest BCUT2D eigenvalue weighted by Gasteiger charge is 2.15. The van der Waals surface area contributed by atoms with E-state index in [9.17, 15) is 4.39 Å². The summed E-state index contributed by atoms with van der Waals surface area (Å²) >= 11 is 15.5. The minimum absolute atomic E-state index is 0.00248. The van der Waals surface area contributed by atoms with Crippen LogP contribution in [0.25, 0.3) is 0 Å². The normalized spacial score (nSPS) is 12.4. The van der Waals surface area contributed by atoms with E-state index in [1.165, 1.54) is 6.07 Å². The standard InChI is InChI=1S/C16H15BrCl2FN/c1-2-21-16(12-9-11(20)4-5-13(12)17)8-10-3-6-14(18)15(19)7-10/h3-7,9,16,21H,2,8H2,1H3. The Labute approximate surface area is 142 Å². The van der Waals surface area contributed by atoms with E-state index in [0.29, 0.717) is 16.5 Å². The Morgan fingerprint density at radius 2 is 1.90 bits per heavy atom. The van der Waals surface area contributed by atoms with Gasteiger partial charge in [-0.3, -0.25) is 0 Å². The molecule has 0 amide bonds. The maximum Gasteiger partial charge on any atom is 0.123 e. The smallest absolute Gasteiger partial charge is 0.123 e. The molecule has 0 bridgehead atoms. The highest BCUT2D eigenvalue weighted by molar-refractivity contribution is 9.10. The Morgan fingerprint density at radius 3 is 2.57 bits per heavy atom. The van der Waals surface area contributed by atoms with Crippen LogP contribution in [0.3, 0.4) is 0 Å². The van der Waals surface area contributed by atoms with Crippen LogP contribution < -0.4 is 5.32 Å². The molecule has 2 aromatic carbocycles. The Bertz CT molecular complexity index is 634. The predicted molar refractivity (Wildman–Crippen MR) is 90.7 cm³/mol. The average molecular weight is 391 g/mol. The molecule has 0 radical (unpaired) electrons. The van der Waals surface area contributed by atoms with Crippen LogP contribution in [0, 0.1) is 5.82 Å². The largest absolute Gasteiger partial charge is 0.310 e. The zero-order valence-electron chi connectivity index (χ0n) is 11.5. The molecule has 0 aliphatic carbocycles. The molecule has 2 rings (SSSR count). The molecule has 1 unspecified atom stereocenters.